The molecule has 1 fully saturated rings. The number of aromatic hydroxyl groups is 1. The second kappa shape index (κ2) is 16.0. The van der Waals surface area contributed by atoms with Gasteiger partial charge in [-0.1, -0.05) is 49.3 Å². The van der Waals surface area contributed by atoms with E-state index >= 15 is 0 Å². The molecule has 3 aromatic carbocycles. The van der Waals surface area contributed by atoms with Crippen LogP contribution in [0.15, 0.2) is 83.4 Å². The van der Waals surface area contributed by atoms with E-state index in [1.54, 1.807) is 18.2 Å². The zero-order valence-electron chi connectivity index (χ0n) is 27.3. The molecule has 3 aromatic rings. The van der Waals surface area contributed by atoms with Crippen molar-refractivity contribution in [1.29, 1.82) is 0 Å². The Morgan fingerprint density at radius 1 is 1.10 bits per heavy atom. The molecule has 2 amide bonds. The van der Waals surface area contributed by atoms with Crippen LogP contribution in [-0.4, -0.2) is 58.5 Å². The number of imide groups is 1. The van der Waals surface area contributed by atoms with Crippen LogP contribution in [0, 0.1) is 31.4 Å². The first-order chi connectivity index (χ1) is 23.6. The van der Waals surface area contributed by atoms with Gasteiger partial charge in [-0.3, -0.25) is 19.7 Å². The average Bonchev–Trinajstić information content (AvgIpc) is 3.35. The van der Waals surface area contributed by atoms with Crippen molar-refractivity contribution in [3.8, 4) is 17.2 Å². The number of nitrogens with zero attached hydrogens (tertiary/aromatic N) is 2. The average molecular weight is 783 g/mol. The topological polar surface area (TPSA) is 160 Å². The maximum Gasteiger partial charge on any atom is 0.271 e. The molecule has 0 aromatic heterocycles. The Morgan fingerprint density at radius 3 is 2.53 bits per heavy atom. The minimum atomic E-state index is -1.06. The number of hydrogen-bond donors (Lipinski definition) is 3. The number of carbonyl (C=O) groups is 2. The number of phenols is 1. The number of nitro groups is 1. The van der Waals surface area contributed by atoms with Crippen LogP contribution in [-0.2, 0) is 9.59 Å². The summed E-state index contributed by atoms with van der Waals surface area (Å²) in [6.45, 7) is 1.61. The molecule has 49 heavy (non-hydrogen) atoms. The molecule has 0 radical (unpaired) electrons. The van der Waals surface area contributed by atoms with Crippen molar-refractivity contribution < 1.29 is 39.3 Å². The monoisotopic (exact) mass is 782 g/mol. The van der Waals surface area contributed by atoms with E-state index in [4.69, 9.17) is 9.47 Å². The third kappa shape index (κ3) is 7.81. The Kier molecular flexibility index (Phi) is 11.7. The van der Waals surface area contributed by atoms with E-state index in [2.05, 4.69) is 6.92 Å². The first-order valence-electron chi connectivity index (χ1n) is 16.1. The summed E-state index contributed by atoms with van der Waals surface area (Å²) in [5, 5.41) is 44.4. The Labute approximate surface area is 298 Å². The molecule has 4 atom stereocenters. The number of ether oxygens (including phenoxy) is 2. The highest BCUT2D eigenvalue weighted by molar-refractivity contribution is 14.1. The number of aliphatic hydroxyl groups is 2. The maximum absolute atomic E-state index is 14.0. The van der Waals surface area contributed by atoms with Crippen LogP contribution in [0.5, 0.6) is 17.2 Å². The molecule has 12 heteroatoms. The van der Waals surface area contributed by atoms with E-state index in [9.17, 15) is 35.0 Å². The van der Waals surface area contributed by atoms with Gasteiger partial charge in [0.05, 0.1) is 45.8 Å². The van der Waals surface area contributed by atoms with Gasteiger partial charge in [0, 0.05) is 18.1 Å². The molecule has 1 aliphatic carbocycles. The highest BCUT2D eigenvalue weighted by atomic mass is 127. The van der Waals surface area contributed by atoms with Gasteiger partial charge in [0.15, 0.2) is 11.5 Å². The van der Waals surface area contributed by atoms with Crippen LogP contribution in [0.2, 0.25) is 0 Å². The molecule has 0 saturated carbocycles. The Hall–Kier alpha value is -4.27. The summed E-state index contributed by atoms with van der Waals surface area (Å²) in [6.07, 6.45) is 3.49. The molecule has 1 aliphatic heterocycles. The fourth-order valence-electron chi connectivity index (χ4n) is 6.92. The lowest BCUT2D eigenvalue weighted by atomic mass is 9.68. The number of halogens is 1. The molecule has 3 N–H and O–H groups in total. The number of hydrogen-bond acceptors (Lipinski definition) is 9. The normalized spacial score (nSPS) is 20.0. The molecule has 0 unspecified atom stereocenters. The number of para-hydroxylation sites is 1. The predicted octanol–water partition coefficient (Wildman–Crippen LogP) is 6.43. The quantitative estimate of drug-likeness (QED) is 0.0551. The molecule has 11 nitrogen and oxygen atoms in total. The van der Waals surface area contributed by atoms with Crippen molar-refractivity contribution in [2.24, 2.45) is 17.8 Å². The van der Waals surface area contributed by atoms with Gasteiger partial charge in [-0.2, -0.15) is 0 Å². The number of anilines is 1. The molecule has 2 aliphatic rings. The largest absolute Gasteiger partial charge is 0.504 e. The molecule has 1 saturated heterocycles. The number of amides is 2. The number of carbonyl (C=O) groups excluding carboxylic acids is 2. The van der Waals surface area contributed by atoms with Crippen LogP contribution in [0.3, 0.4) is 0 Å². The highest BCUT2D eigenvalue weighted by Gasteiger charge is 2.55. The second-order valence-corrected chi connectivity index (χ2v) is 13.4. The standard InChI is InChI=1S/C37H39IN2O9/c1-3-8-22(15-23-16-30(38)35(43)32(17-23)48-2)13-14-31(42)33-24(21-49-27-11-5-4-6-12-27)18-28-34(29(33)20-41)37(45)39(36(28)44)25-9-7-10-26(19-25)40(46)47/h4-7,9-12,15-17,19,28-29,31,34,41-43H,3,8,13-14,18,20-21H2,1-2H3/b22-15+/t28-,29+,31-,34-/m1/s1. The number of aliphatic hydroxyl groups excluding tert-OH is 2. The lowest BCUT2D eigenvalue weighted by Crippen LogP contribution is -2.40. The lowest BCUT2D eigenvalue weighted by molar-refractivity contribution is -0.384. The van der Waals surface area contributed by atoms with E-state index in [0.29, 0.717) is 32.6 Å². The Bertz CT molecular complexity index is 1770. The van der Waals surface area contributed by atoms with Gasteiger partial charge in [-0.15, -0.1) is 0 Å². The first kappa shape index (κ1) is 36.0. The van der Waals surface area contributed by atoms with Crippen molar-refractivity contribution >= 4 is 51.9 Å². The molecule has 0 bridgehead atoms. The summed E-state index contributed by atoms with van der Waals surface area (Å²) < 4.78 is 12.1. The number of methoxy groups -OCH3 is 1. The van der Waals surface area contributed by atoms with E-state index in [1.165, 1.54) is 31.4 Å². The minimum Gasteiger partial charge on any atom is -0.504 e. The summed E-state index contributed by atoms with van der Waals surface area (Å²) in [5.74, 6) is -2.72. The maximum atomic E-state index is 14.0. The SMILES string of the molecule is CCC/C(=C\c1cc(I)c(O)c(OC)c1)CC[C@@H](O)C1=C(COc2ccccc2)C[C@H]2C(=O)N(c3cccc([N+](=O)[O-])c3)C(=O)[C@H]2[C@H]1CO. The predicted molar refractivity (Wildman–Crippen MR) is 192 cm³/mol. The fourth-order valence-corrected chi connectivity index (χ4v) is 7.54. The third-order valence-electron chi connectivity index (χ3n) is 9.15. The van der Waals surface area contributed by atoms with Crippen molar-refractivity contribution in [3.63, 3.8) is 0 Å². The fraction of sp³-hybridized carbons (Fsp3) is 0.351. The summed E-state index contributed by atoms with van der Waals surface area (Å²) in [4.78, 5) is 39.6. The van der Waals surface area contributed by atoms with Crippen LogP contribution in [0.1, 0.15) is 44.6 Å². The third-order valence-corrected chi connectivity index (χ3v) is 9.97. The highest BCUT2D eigenvalue weighted by Crippen LogP contribution is 2.48. The Balaban J connectivity index is 1.47. The van der Waals surface area contributed by atoms with Crippen molar-refractivity contribution in [2.75, 3.05) is 25.2 Å². The smallest absolute Gasteiger partial charge is 0.271 e. The van der Waals surface area contributed by atoms with Crippen LogP contribution >= 0.6 is 22.6 Å². The van der Waals surface area contributed by atoms with E-state index in [0.717, 1.165) is 28.9 Å². The van der Waals surface area contributed by atoms with Gasteiger partial charge < -0.3 is 24.8 Å². The molecule has 1 heterocycles. The van der Waals surface area contributed by atoms with Crippen molar-refractivity contribution in [2.45, 2.75) is 45.1 Å². The summed E-state index contributed by atoms with van der Waals surface area (Å²) in [5.41, 5.74) is 2.86. The number of allylic oxidation sites excluding steroid dienone is 1. The molecule has 258 valence electrons. The van der Waals surface area contributed by atoms with E-state index in [-0.39, 0.29) is 36.6 Å². The number of nitro benzene ring substituents is 1. The summed E-state index contributed by atoms with van der Waals surface area (Å²) in [7, 11) is 1.49. The molecule has 5 rings (SSSR count). The number of phenolic OH excluding ortho intramolecular Hbond substituents is 1. The zero-order chi connectivity index (χ0) is 35.2. The zero-order valence-corrected chi connectivity index (χ0v) is 29.4. The Morgan fingerprint density at radius 2 is 1.86 bits per heavy atom. The second-order valence-electron chi connectivity index (χ2n) is 12.2. The van der Waals surface area contributed by atoms with Gasteiger partial charge in [0.2, 0.25) is 11.8 Å². The van der Waals surface area contributed by atoms with Crippen molar-refractivity contribution in [3.05, 3.63) is 103 Å². The van der Waals surface area contributed by atoms with Gasteiger partial charge in [0.25, 0.3) is 5.69 Å². The van der Waals surface area contributed by atoms with Gasteiger partial charge in [-0.05, 0) is 95.3 Å². The number of fused-ring (bicyclic) bond motifs is 1. The van der Waals surface area contributed by atoms with Gasteiger partial charge >= 0.3 is 0 Å². The summed E-state index contributed by atoms with van der Waals surface area (Å²) in [6, 6.07) is 18.1. The van der Waals surface area contributed by atoms with Gasteiger partial charge in [-0.25, -0.2) is 4.90 Å². The molecule has 0 spiro atoms. The van der Waals surface area contributed by atoms with Crippen LogP contribution in [0.4, 0.5) is 11.4 Å². The number of benzene rings is 3. The number of rotatable bonds is 14. The van der Waals surface area contributed by atoms with Gasteiger partial charge in [0.1, 0.15) is 12.4 Å². The minimum absolute atomic E-state index is 0.0395. The van der Waals surface area contributed by atoms with Crippen LogP contribution < -0.4 is 14.4 Å². The van der Waals surface area contributed by atoms with Crippen LogP contribution in [0.25, 0.3) is 6.08 Å². The first-order valence-corrected chi connectivity index (χ1v) is 17.2. The molecular formula is C37H39IN2O9. The van der Waals surface area contributed by atoms with Crippen molar-refractivity contribution in [1.82, 2.24) is 0 Å². The van der Waals surface area contributed by atoms with E-state index in [1.807, 2.05) is 52.9 Å². The molecular weight excluding hydrogens is 743 g/mol. The number of non-ortho nitro benzene ring substituents is 1. The lowest BCUT2D eigenvalue weighted by Gasteiger charge is -2.36. The summed E-state index contributed by atoms with van der Waals surface area (Å²) >= 11 is 2.05. The van der Waals surface area contributed by atoms with E-state index < -0.39 is 47.2 Å².